The summed E-state index contributed by atoms with van der Waals surface area (Å²) in [6, 6.07) is 20.6. The lowest BCUT2D eigenvalue weighted by molar-refractivity contribution is -0.136. The fourth-order valence-electron chi connectivity index (χ4n) is 9.81. The number of carbonyl (C=O) groups excluding carboxylic acids is 5. The normalized spacial score (nSPS) is 23.7. The fourth-order valence-corrected chi connectivity index (χ4v) is 10.0. The van der Waals surface area contributed by atoms with Crippen LogP contribution in [0.3, 0.4) is 0 Å². The summed E-state index contributed by atoms with van der Waals surface area (Å²) < 4.78 is 0. The Morgan fingerprint density at radius 3 is 2.11 bits per heavy atom. The van der Waals surface area contributed by atoms with Crippen molar-refractivity contribution in [2.75, 3.05) is 80.1 Å². The first-order chi connectivity index (χ1) is 27.6. The van der Waals surface area contributed by atoms with E-state index in [9.17, 15) is 29.2 Å². The van der Waals surface area contributed by atoms with E-state index in [1.165, 1.54) is 0 Å². The molecule has 6 aliphatic rings. The first-order valence-corrected chi connectivity index (χ1v) is 20.4. The molecule has 3 aromatic rings. The molecule has 0 aliphatic carbocycles. The van der Waals surface area contributed by atoms with Crippen LogP contribution in [0.15, 0.2) is 60.7 Å². The summed E-state index contributed by atoms with van der Waals surface area (Å²) in [7, 11) is 0. The van der Waals surface area contributed by atoms with Crippen molar-refractivity contribution in [3.63, 3.8) is 0 Å². The van der Waals surface area contributed by atoms with E-state index in [-0.39, 0.29) is 29.7 Å². The summed E-state index contributed by atoms with van der Waals surface area (Å²) in [5, 5.41) is 12.0. The molecule has 294 valence electrons. The monoisotopic (exact) mass is 788 g/mol. The maximum Gasteiger partial charge on any atom is 0.262 e. The van der Waals surface area contributed by atoms with E-state index in [2.05, 4.69) is 43.1 Å². The van der Waals surface area contributed by atoms with Gasteiger partial charge in [0, 0.05) is 101 Å². The Morgan fingerprint density at radius 2 is 1.40 bits per heavy atom. The number of piperidine rings is 2. The van der Waals surface area contributed by atoms with Crippen LogP contribution in [-0.4, -0.2) is 122 Å². The van der Waals surface area contributed by atoms with Gasteiger partial charge in [-0.15, -0.1) is 0 Å². The molecule has 3 aromatic carbocycles. The van der Waals surface area contributed by atoms with Crippen LogP contribution in [0, 0.1) is 16.7 Å². The number of halogens is 1. The highest BCUT2D eigenvalue weighted by Gasteiger charge is 2.45. The highest BCUT2D eigenvalue weighted by Crippen LogP contribution is 2.43. The second-order valence-corrected chi connectivity index (χ2v) is 16.8. The molecule has 5 fully saturated rings. The van der Waals surface area contributed by atoms with Crippen molar-refractivity contribution in [1.82, 2.24) is 20.0 Å². The number of nitrogens with one attached hydrogen (secondary N) is 1. The number of benzene rings is 3. The van der Waals surface area contributed by atoms with Crippen LogP contribution in [0.4, 0.5) is 17.1 Å². The number of rotatable bonds is 6. The largest absolute Gasteiger partial charge is 0.371 e. The third kappa shape index (κ3) is 6.89. The lowest BCUT2D eigenvalue weighted by Crippen LogP contribution is -2.54. The Morgan fingerprint density at radius 1 is 0.737 bits per heavy atom. The molecule has 1 N–H and O–H groups in total. The minimum atomic E-state index is -0.984. The molecule has 57 heavy (non-hydrogen) atoms. The Bertz CT molecular complexity index is 2190. The van der Waals surface area contributed by atoms with Crippen LogP contribution in [0.5, 0.6) is 0 Å². The van der Waals surface area contributed by atoms with Gasteiger partial charge in [0.25, 0.3) is 17.7 Å². The minimum absolute atomic E-state index is 0.0612. The zero-order valence-corrected chi connectivity index (χ0v) is 32.5. The number of hydrogen-bond acceptors (Lipinski definition) is 10. The number of fused-ring (bicyclic) bond motifs is 1. The molecule has 2 unspecified atom stereocenters. The zero-order valence-electron chi connectivity index (χ0n) is 31.8. The highest BCUT2D eigenvalue weighted by atomic mass is 35.5. The first kappa shape index (κ1) is 37.1. The smallest absolute Gasteiger partial charge is 0.262 e. The maximum absolute atomic E-state index is 13.6. The first-order valence-electron chi connectivity index (χ1n) is 20.0. The van der Waals surface area contributed by atoms with E-state index in [4.69, 9.17) is 11.6 Å². The summed E-state index contributed by atoms with van der Waals surface area (Å²) in [6.07, 6.45) is 4.52. The van der Waals surface area contributed by atoms with Crippen LogP contribution in [-0.2, 0) is 9.59 Å². The van der Waals surface area contributed by atoms with E-state index in [1.54, 1.807) is 18.2 Å². The molecule has 6 aliphatic heterocycles. The summed E-state index contributed by atoms with van der Waals surface area (Å²) in [5.41, 5.74) is 5.16. The van der Waals surface area contributed by atoms with Crippen molar-refractivity contribution >= 4 is 58.2 Å². The van der Waals surface area contributed by atoms with Gasteiger partial charge in [0.1, 0.15) is 12.1 Å². The lowest BCUT2D eigenvalue weighted by Gasteiger charge is -2.40. The molecule has 1 spiro atoms. The maximum atomic E-state index is 13.6. The van der Waals surface area contributed by atoms with Crippen molar-refractivity contribution in [3.8, 4) is 6.07 Å². The van der Waals surface area contributed by atoms with Gasteiger partial charge in [0.2, 0.25) is 11.8 Å². The molecule has 0 bridgehead atoms. The Balaban J connectivity index is 0.751. The van der Waals surface area contributed by atoms with E-state index in [0.717, 1.165) is 100 Å². The predicted octanol–water partition coefficient (Wildman–Crippen LogP) is 4.15. The molecule has 9 rings (SSSR count). The van der Waals surface area contributed by atoms with Crippen LogP contribution in [0.25, 0.3) is 0 Å². The van der Waals surface area contributed by atoms with Crippen LogP contribution >= 0.6 is 11.6 Å². The number of amides is 5. The van der Waals surface area contributed by atoms with Gasteiger partial charge in [-0.3, -0.25) is 39.1 Å². The van der Waals surface area contributed by atoms with Crippen LogP contribution in [0.2, 0.25) is 5.02 Å². The summed E-state index contributed by atoms with van der Waals surface area (Å²) in [4.78, 5) is 76.7. The second-order valence-electron chi connectivity index (χ2n) is 16.4. The standard InChI is InChI=1S/C43H45ClN8O5/c44-36-24-32(6-3-29(36)25-45)47-16-12-43(13-17-47)14-18-51(27-43)30-4-1-28(2-5-30)40(55)49-21-19-48(20-22-49)33-11-15-50(26-33)31-7-8-34-35(23-31)42(57)52(41(34)56)37-9-10-38(53)46-39(37)54/h1-8,23-24,33,37H,9-22,26-27H2,(H,46,53,54). The second kappa shape index (κ2) is 14.8. The minimum Gasteiger partial charge on any atom is -0.371 e. The van der Waals surface area contributed by atoms with Crippen LogP contribution < -0.4 is 20.0 Å². The number of imide groups is 2. The molecule has 14 heteroatoms. The van der Waals surface area contributed by atoms with E-state index >= 15 is 0 Å². The third-order valence-corrected chi connectivity index (χ3v) is 13.6. The molecule has 6 heterocycles. The van der Waals surface area contributed by atoms with E-state index in [1.807, 2.05) is 35.2 Å². The van der Waals surface area contributed by atoms with Gasteiger partial charge >= 0.3 is 0 Å². The SMILES string of the molecule is N#Cc1ccc(N2CCC3(CC2)CCN(c2ccc(C(=O)N4CCN(C5CCN(c6ccc7c(c6)C(=O)N(C6CCC(=O)NC6=O)C7=O)C5)CC4)cc2)C3)cc1Cl. The Labute approximate surface area is 336 Å². The van der Waals surface area contributed by atoms with Gasteiger partial charge in [-0.05, 0) is 98.2 Å². The van der Waals surface area contributed by atoms with E-state index < -0.39 is 29.7 Å². The topological polar surface area (TPSA) is 141 Å². The number of hydrogen-bond donors (Lipinski definition) is 1. The van der Waals surface area contributed by atoms with Gasteiger partial charge < -0.3 is 19.6 Å². The number of anilines is 3. The van der Waals surface area contributed by atoms with Gasteiger partial charge in [0.05, 0.1) is 21.7 Å². The van der Waals surface area contributed by atoms with Crippen molar-refractivity contribution in [2.24, 2.45) is 5.41 Å². The van der Waals surface area contributed by atoms with Crippen molar-refractivity contribution in [1.29, 1.82) is 5.26 Å². The van der Waals surface area contributed by atoms with Gasteiger partial charge in [-0.1, -0.05) is 11.6 Å². The number of piperazine rings is 1. The predicted molar refractivity (Wildman–Crippen MR) is 215 cm³/mol. The fraction of sp³-hybridized carbons (Fsp3) is 0.442. The summed E-state index contributed by atoms with van der Waals surface area (Å²) in [6.45, 7) is 8.40. The average Bonchev–Trinajstić information content (AvgIpc) is 3.95. The average molecular weight is 789 g/mol. The molecule has 2 atom stereocenters. The lowest BCUT2D eigenvalue weighted by atomic mass is 9.77. The molecule has 5 saturated heterocycles. The van der Waals surface area contributed by atoms with E-state index in [0.29, 0.717) is 40.8 Å². The zero-order chi connectivity index (χ0) is 39.4. The highest BCUT2D eigenvalue weighted by molar-refractivity contribution is 6.32. The van der Waals surface area contributed by atoms with Crippen molar-refractivity contribution in [2.45, 2.75) is 50.6 Å². The quantitative estimate of drug-likeness (QED) is 0.363. The molecular weight excluding hydrogens is 744 g/mol. The Hall–Kier alpha value is -5.45. The molecule has 0 saturated carbocycles. The molecule has 5 amide bonds. The van der Waals surface area contributed by atoms with Crippen molar-refractivity contribution < 1.29 is 24.0 Å². The van der Waals surface area contributed by atoms with Gasteiger partial charge in [-0.25, -0.2) is 0 Å². The third-order valence-electron chi connectivity index (χ3n) is 13.2. The van der Waals surface area contributed by atoms with Crippen LogP contribution in [0.1, 0.15) is 75.2 Å². The number of nitrogens with zero attached hydrogens (tertiary/aromatic N) is 7. The molecule has 0 aromatic heterocycles. The summed E-state index contributed by atoms with van der Waals surface area (Å²) >= 11 is 6.31. The molecular formula is C43H45ClN8O5. The summed E-state index contributed by atoms with van der Waals surface area (Å²) in [5.74, 6) is -1.95. The molecule has 0 radical (unpaired) electrons. The van der Waals surface area contributed by atoms with Gasteiger partial charge in [-0.2, -0.15) is 5.26 Å². The number of nitriles is 1. The van der Waals surface area contributed by atoms with Gasteiger partial charge in [0.15, 0.2) is 0 Å². The number of carbonyl (C=O) groups is 5. The Kier molecular flexibility index (Phi) is 9.65. The van der Waals surface area contributed by atoms with Crippen molar-refractivity contribution in [3.05, 3.63) is 87.9 Å². The molecule has 13 nitrogen and oxygen atoms in total.